The Balaban J connectivity index is 2.42. The van der Waals surface area contributed by atoms with Gasteiger partial charge in [-0.15, -0.1) is 0 Å². The summed E-state index contributed by atoms with van der Waals surface area (Å²) in [6.07, 6.45) is 0.339. The maximum absolute atomic E-state index is 12.7. The van der Waals surface area contributed by atoms with E-state index in [4.69, 9.17) is 5.11 Å². The molecule has 0 spiro atoms. The first-order valence-corrected chi connectivity index (χ1v) is 7.97. The van der Waals surface area contributed by atoms with Gasteiger partial charge in [0.25, 0.3) is 10.0 Å². The van der Waals surface area contributed by atoms with Crippen molar-refractivity contribution >= 4 is 15.7 Å². The second kappa shape index (κ2) is 6.60. The van der Waals surface area contributed by atoms with Crippen LogP contribution >= 0.6 is 0 Å². The van der Waals surface area contributed by atoms with Crippen molar-refractivity contribution in [2.75, 3.05) is 17.5 Å². The number of para-hydroxylation sites is 1. The highest BCUT2D eigenvalue weighted by atomic mass is 32.2. The van der Waals surface area contributed by atoms with Gasteiger partial charge in [0.2, 0.25) is 0 Å². The first kappa shape index (κ1) is 15.3. The fraction of sp³-hybridized carbons (Fsp3) is 0.200. The molecule has 0 aliphatic carbocycles. The second-order valence-corrected chi connectivity index (χ2v) is 6.35. The maximum Gasteiger partial charge on any atom is 0.264 e. The third kappa shape index (κ3) is 3.53. The Kier molecular flexibility index (Phi) is 4.82. The Morgan fingerprint density at radius 2 is 1.57 bits per heavy atom. The Morgan fingerprint density at radius 1 is 0.952 bits per heavy atom. The van der Waals surface area contributed by atoms with Crippen LogP contribution in [0.5, 0.6) is 5.75 Å². The predicted molar refractivity (Wildman–Crippen MR) is 80.8 cm³/mol. The molecule has 2 N–H and O–H groups in total. The van der Waals surface area contributed by atoms with Gasteiger partial charge in [-0.05, 0) is 42.8 Å². The smallest absolute Gasteiger partial charge is 0.264 e. The standard InChI is InChI=1S/C15H17NO4S/c17-12-4-11-16(13-5-2-1-3-6-13)21(19,20)15-9-7-14(18)8-10-15/h1-3,5-10,17-18H,4,11-12H2. The lowest BCUT2D eigenvalue weighted by Gasteiger charge is -2.24. The van der Waals surface area contributed by atoms with Crippen LogP contribution in [-0.4, -0.2) is 31.8 Å². The van der Waals surface area contributed by atoms with E-state index in [1.165, 1.54) is 28.6 Å². The van der Waals surface area contributed by atoms with E-state index in [-0.39, 0.29) is 23.8 Å². The summed E-state index contributed by atoms with van der Waals surface area (Å²) in [4.78, 5) is 0.0992. The zero-order valence-electron chi connectivity index (χ0n) is 11.4. The Hall–Kier alpha value is -2.05. The van der Waals surface area contributed by atoms with Gasteiger partial charge < -0.3 is 10.2 Å². The van der Waals surface area contributed by atoms with Crippen LogP contribution in [0.1, 0.15) is 6.42 Å². The summed E-state index contributed by atoms with van der Waals surface area (Å²) in [5.74, 6) is 0.00979. The first-order chi connectivity index (χ1) is 10.1. The van der Waals surface area contributed by atoms with Gasteiger partial charge in [-0.25, -0.2) is 8.42 Å². The average Bonchev–Trinajstić information content (AvgIpc) is 2.49. The third-order valence-corrected chi connectivity index (χ3v) is 4.83. The number of hydrogen-bond acceptors (Lipinski definition) is 4. The van der Waals surface area contributed by atoms with Gasteiger partial charge in [0, 0.05) is 13.2 Å². The van der Waals surface area contributed by atoms with E-state index in [1.54, 1.807) is 30.3 Å². The lowest BCUT2D eigenvalue weighted by Crippen LogP contribution is -2.32. The normalized spacial score (nSPS) is 11.3. The van der Waals surface area contributed by atoms with Crippen molar-refractivity contribution in [3.05, 3.63) is 54.6 Å². The van der Waals surface area contributed by atoms with Crippen LogP contribution in [0, 0.1) is 0 Å². The quantitative estimate of drug-likeness (QED) is 0.855. The van der Waals surface area contributed by atoms with Crippen molar-refractivity contribution in [1.29, 1.82) is 0 Å². The van der Waals surface area contributed by atoms with E-state index in [9.17, 15) is 13.5 Å². The van der Waals surface area contributed by atoms with Crippen LogP contribution in [0.2, 0.25) is 0 Å². The number of rotatable bonds is 6. The number of sulfonamides is 1. The summed E-state index contributed by atoms with van der Waals surface area (Å²) in [7, 11) is -3.73. The van der Waals surface area contributed by atoms with Crippen LogP contribution in [0.15, 0.2) is 59.5 Å². The summed E-state index contributed by atoms with van der Waals surface area (Å²) in [5, 5.41) is 18.3. The zero-order valence-corrected chi connectivity index (χ0v) is 12.2. The maximum atomic E-state index is 12.7. The molecule has 21 heavy (non-hydrogen) atoms. The van der Waals surface area contributed by atoms with Crippen LogP contribution in [-0.2, 0) is 10.0 Å². The Morgan fingerprint density at radius 3 is 2.14 bits per heavy atom. The average molecular weight is 307 g/mol. The molecule has 112 valence electrons. The fourth-order valence-corrected chi connectivity index (χ4v) is 3.45. The van der Waals surface area contributed by atoms with Crippen molar-refractivity contribution < 1.29 is 18.6 Å². The molecule has 0 aliphatic heterocycles. The van der Waals surface area contributed by atoms with Crippen LogP contribution in [0.4, 0.5) is 5.69 Å². The minimum atomic E-state index is -3.73. The molecule has 0 heterocycles. The largest absolute Gasteiger partial charge is 0.508 e. The fourth-order valence-electron chi connectivity index (χ4n) is 1.94. The molecule has 5 nitrogen and oxygen atoms in total. The van der Waals surface area contributed by atoms with E-state index in [0.717, 1.165) is 0 Å². The lowest BCUT2D eigenvalue weighted by molar-refractivity contribution is 0.291. The number of nitrogens with zero attached hydrogens (tertiary/aromatic N) is 1. The number of anilines is 1. The zero-order chi connectivity index (χ0) is 15.3. The van der Waals surface area contributed by atoms with Gasteiger partial charge in [0.1, 0.15) is 5.75 Å². The molecule has 2 aromatic rings. The van der Waals surface area contributed by atoms with Crippen molar-refractivity contribution in [2.45, 2.75) is 11.3 Å². The van der Waals surface area contributed by atoms with Crippen LogP contribution < -0.4 is 4.31 Å². The SMILES string of the molecule is O=S(=O)(c1ccc(O)cc1)N(CCCO)c1ccccc1. The molecule has 0 saturated carbocycles. The van der Waals surface area contributed by atoms with E-state index in [1.807, 2.05) is 0 Å². The molecule has 2 rings (SSSR count). The molecule has 6 heteroatoms. The number of aromatic hydroxyl groups is 1. The first-order valence-electron chi connectivity index (χ1n) is 6.53. The molecule has 0 amide bonds. The number of aliphatic hydroxyl groups excluding tert-OH is 1. The third-order valence-electron chi connectivity index (χ3n) is 2.99. The van der Waals surface area contributed by atoms with E-state index in [2.05, 4.69) is 0 Å². The lowest BCUT2D eigenvalue weighted by atomic mass is 10.3. The van der Waals surface area contributed by atoms with Gasteiger partial charge in [-0.1, -0.05) is 18.2 Å². The number of aliphatic hydroxyl groups is 1. The molecule has 0 saturated heterocycles. The topological polar surface area (TPSA) is 77.8 Å². The summed E-state index contributed by atoms with van der Waals surface area (Å²) in [6, 6.07) is 14.1. The second-order valence-electron chi connectivity index (χ2n) is 4.48. The van der Waals surface area contributed by atoms with E-state index < -0.39 is 10.0 Å². The highest BCUT2D eigenvalue weighted by Gasteiger charge is 2.24. The van der Waals surface area contributed by atoms with Gasteiger partial charge in [0.05, 0.1) is 10.6 Å². The highest BCUT2D eigenvalue weighted by molar-refractivity contribution is 7.92. The molecule has 2 aromatic carbocycles. The molecular weight excluding hydrogens is 290 g/mol. The van der Waals surface area contributed by atoms with Crippen LogP contribution in [0.25, 0.3) is 0 Å². The van der Waals surface area contributed by atoms with Gasteiger partial charge >= 0.3 is 0 Å². The molecule has 0 atom stereocenters. The molecule has 0 fully saturated rings. The molecular formula is C15H17NO4S. The van der Waals surface area contributed by atoms with Gasteiger partial charge in [-0.3, -0.25) is 4.31 Å². The molecule has 0 aliphatic rings. The summed E-state index contributed by atoms with van der Waals surface area (Å²) in [6.45, 7) is 0.0954. The minimum Gasteiger partial charge on any atom is -0.508 e. The van der Waals surface area contributed by atoms with Gasteiger partial charge in [-0.2, -0.15) is 0 Å². The van der Waals surface area contributed by atoms with Crippen molar-refractivity contribution in [3.63, 3.8) is 0 Å². The number of phenolic OH excluding ortho intramolecular Hbond substituents is 1. The summed E-state index contributed by atoms with van der Waals surface area (Å²) in [5.41, 5.74) is 0.541. The Bertz CT molecular complexity index is 669. The molecule has 0 radical (unpaired) electrons. The number of hydrogen-bond donors (Lipinski definition) is 2. The number of benzene rings is 2. The van der Waals surface area contributed by atoms with E-state index >= 15 is 0 Å². The predicted octanol–water partition coefficient (Wildman–Crippen LogP) is 1.97. The molecule has 0 aromatic heterocycles. The van der Waals surface area contributed by atoms with Crippen molar-refractivity contribution in [1.82, 2.24) is 0 Å². The monoisotopic (exact) mass is 307 g/mol. The molecule has 0 bridgehead atoms. The van der Waals surface area contributed by atoms with Crippen molar-refractivity contribution in [3.8, 4) is 5.75 Å². The van der Waals surface area contributed by atoms with E-state index in [0.29, 0.717) is 12.1 Å². The Labute approximate surface area is 124 Å². The highest BCUT2D eigenvalue weighted by Crippen LogP contribution is 2.24. The van der Waals surface area contributed by atoms with Crippen LogP contribution in [0.3, 0.4) is 0 Å². The van der Waals surface area contributed by atoms with Gasteiger partial charge in [0.15, 0.2) is 0 Å². The minimum absolute atomic E-state index is 0.00979. The summed E-state index contributed by atoms with van der Waals surface area (Å²) >= 11 is 0. The molecule has 0 unspecified atom stereocenters. The summed E-state index contributed by atoms with van der Waals surface area (Å²) < 4.78 is 26.7. The number of phenols is 1. The van der Waals surface area contributed by atoms with Crippen molar-refractivity contribution in [2.24, 2.45) is 0 Å².